The van der Waals surface area contributed by atoms with Crippen LogP contribution in [0, 0.1) is 0 Å². The van der Waals surface area contributed by atoms with Gasteiger partial charge in [-0.3, -0.25) is 4.79 Å². The van der Waals surface area contributed by atoms with Crippen LogP contribution < -0.4 is 5.32 Å². The number of ether oxygens (including phenoxy) is 1. The van der Waals surface area contributed by atoms with E-state index in [1.54, 1.807) is 6.07 Å². The third-order valence-electron chi connectivity index (χ3n) is 3.96. The second-order valence-electron chi connectivity index (χ2n) is 5.97. The predicted octanol–water partition coefficient (Wildman–Crippen LogP) is 3.97. The standard InChI is InChI=1S/C21H20N2O4/c1-3-15-8-10-16(11-9-15)22-21(25)14(2)26-20(24)13-12-19-23-17-6-4-5-7-18(17)27-19/h4-14H,3H2,1-2H3,(H,22,25)/b13-12+/t14-/m0/s1. The lowest BCUT2D eigenvalue weighted by Gasteiger charge is -2.12. The number of amides is 1. The van der Waals surface area contributed by atoms with E-state index in [4.69, 9.17) is 9.15 Å². The number of aromatic nitrogens is 1. The molecule has 6 nitrogen and oxygen atoms in total. The first kappa shape index (κ1) is 18.4. The summed E-state index contributed by atoms with van der Waals surface area (Å²) in [5.74, 6) is -0.759. The monoisotopic (exact) mass is 364 g/mol. The highest BCUT2D eigenvalue weighted by Crippen LogP contribution is 2.15. The molecule has 0 aliphatic carbocycles. The van der Waals surface area contributed by atoms with Crippen LogP contribution in [0.5, 0.6) is 0 Å². The maximum absolute atomic E-state index is 12.2. The molecule has 0 unspecified atom stereocenters. The van der Waals surface area contributed by atoms with Crippen molar-refractivity contribution in [1.82, 2.24) is 4.98 Å². The number of carbonyl (C=O) groups is 2. The number of rotatable bonds is 6. The molecule has 0 saturated carbocycles. The Morgan fingerprint density at radius 1 is 1.19 bits per heavy atom. The summed E-state index contributed by atoms with van der Waals surface area (Å²) >= 11 is 0. The Balaban J connectivity index is 1.54. The Bertz CT molecular complexity index is 940. The zero-order valence-corrected chi connectivity index (χ0v) is 15.1. The summed E-state index contributed by atoms with van der Waals surface area (Å²) in [6.07, 6.45) is 2.59. The molecule has 27 heavy (non-hydrogen) atoms. The summed E-state index contributed by atoms with van der Waals surface area (Å²) in [5, 5.41) is 2.72. The fraction of sp³-hybridized carbons (Fsp3) is 0.190. The minimum Gasteiger partial charge on any atom is -0.449 e. The minimum atomic E-state index is -0.934. The first-order valence-electron chi connectivity index (χ1n) is 8.69. The van der Waals surface area contributed by atoms with E-state index in [2.05, 4.69) is 17.2 Å². The average molecular weight is 364 g/mol. The van der Waals surface area contributed by atoms with Gasteiger partial charge in [0.2, 0.25) is 5.89 Å². The number of carbonyl (C=O) groups excluding carboxylic acids is 2. The van der Waals surface area contributed by atoms with Gasteiger partial charge < -0.3 is 14.5 Å². The van der Waals surface area contributed by atoms with Gasteiger partial charge in [-0.15, -0.1) is 0 Å². The summed E-state index contributed by atoms with van der Waals surface area (Å²) in [4.78, 5) is 28.3. The topological polar surface area (TPSA) is 81.4 Å². The second-order valence-corrected chi connectivity index (χ2v) is 5.97. The molecule has 1 heterocycles. The number of oxazole rings is 1. The highest BCUT2D eigenvalue weighted by Gasteiger charge is 2.16. The number of hydrogen-bond acceptors (Lipinski definition) is 5. The third kappa shape index (κ3) is 4.82. The van der Waals surface area contributed by atoms with Gasteiger partial charge in [-0.1, -0.05) is 31.2 Å². The van der Waals surface area contributed by atoms with Crippen molar-refractivity contribution in [3.05, 3.63) is 66.1 Å². The van der Waals surface area contributed by atoms with E-state index in [0.29, 0.717) is 22.7 Å². The quantitative estimate of drug-likeness (QED) is 0.529. The molecule has 1 atom stereocenters. The van der Waals surface area contributed by atoms with Crippen molar-refractivity contribution in [3.8, 4) is 0 Å². The Labute approximate surface area is 156 Å². The second kappa shape index (κ2) is 8.31. The molecular weight excluding hydrogens is 344 g/mol. The van der Waals surface area contributed by atoms with Crippen molar-refractivity contribution in [2.45, 2.75) is 26.4 Å². The van der Waals surface area contributed by atoms with Crippen LogP contribution in [0.25, 0.3) is 17.2 Å². The zero-order valence-electron chi connectivity index (χ0n) is 15.1. The van der Waals surface area contributed by atoms with Crippen molar-refractivity contribution in [1.29, 1.82) is 0 Å². The van der Waals surface area contributed by atoms with Crippen LogP contribution in [0.15, 0.2) is 59.0 Å². The van der Waals surface area contributed by atoms with E-state index in [-0.39, 0.29) is 0 Å². The summed E-state index contributed by atoms with van der Waals surface area (Å²) < 4.78 is 10.6. The molecule has 3 aromatic rings. The number of nitrogens with one attached hydrogen (secondary N) is 1. The van der Waals surface area contributed by atoms with Crippen molar-refractivity contribution >= 4 is 34.7 Å². The number of fused-ring (bicyclic) bond motifs is 1. The lowest BCUT2D eigenvalue weighted by molar-refractivity contribution is -0.148. The molecule has 0 saturated heterocycles. The lowest BCUT2D eigenvalue weighted by Crippen LogP contribution is -2.29. The van der Waals surface area contributed by atoms with E-state index < -0.39 is 18.0 Å². The summed E-state index contributed by atoms with van der Waals surface area (Å²) in [5.41, 5.74) is 3.17. The molecule has 1 aromatic heterocycles. The first-order chi connectivity index (χ1) is 13.0. The van der Waals surface area contributed by atoms with Crippen LogP contribution in [0.4, 0.5) is 5.69 Å². The van der Waals surface area contributed by atoms with Gasteiger partial charge >= 0.3 is 5.97 Å². The van der Waals surface area contributed by atoms with Crippen LogP contribution in [0.1, 0.15) is 25.3 Å². The van der Waals surface area contributed by atoms with Crippen LogP contribution in [-0.2, 0) is 20.7 Å². The fourth-order valence-electron chi connectivity index (χ4n) is 2.44. The molecule has 0 bridgehead atoms. The number of hydrogen-bond donors (Lipinski definition) is 1. The Hall–Kier alpha value is -3.41. The Morgan fingerprint density at radius 2 is 1.93 bits per heavy atom. The maximum atomic E-state index is 12.2. The number of anilines is 1. The lowest BCUT2D eigenvalue weighted by atomic mass is 10.1. The molecule has 0 radical (unpaired) electrons. The van der Waals surface area contributed by atoms with Crippen LogP contribution in [0.2, 0.25) is 0 Å². The molecule has 6 heteroatoms. The Morgan fingerprint density at radius 3 is 2.63 bits per heavy atom. The van der Waals surface area contributed by atoms with Crippen molar-refractivity contribution in [3.63, 3.8) is 0 Å². The zero-order chi connectivity index (χ0) is 19.2. The van der Waals surface area contributed by atoms with Gasteiger partial charge in [0.25, 0.3) is 5.91 Å². The SMILES string of the molecule is CCc1ccc(NC(=O)[C@H](C)OC(=O)/C=C/c2nc3ccccc3o2)cc1. The fourth-order valence-corrected chi connectivity index (χ4v) is 2.44. The smallest absolute Gasteiger partial charge is 0.331 e. The van der Waals surface area contributed by atoms with E-state index >= 15 is 0 Å². The van der Waals surface area contributed by atoms with Gasteiger partial charge in [-0.2, -0.15) is 0 Å². The maximum Gasteiger partial charge on any atom is 0.331 e. The van der Waals surface area contributed by atoms with Gasteiger partial charge in [0, 0.05) is 17.8 Å². The first-order valence-corrected chi connectivity index (χ1v) is 8.69. The van der Waals surface area contributed by atoms with Gasteiger partial charge in [0.05, 0.1) is 0 Å². The van der Waals surface area contributed by atoms with E-state index in [1.807, 2.05) is 42.5 Å². The number of para-hydroxylation sites is 2. The predicted molar refractivity (Wildman–Crippen MR) is 103 cm³/mol. The molecule has 1 N–H and O–H groups in total. The van der Waals surface area contributed by atoms with Gasteiger partial charge in [0.15, 0.2) is 11.7 Å². The van der Waals surface area contributed by atoms with Crippen LogP contribution in [0.3, 0.4) is 0 Å². The number of esters is 1. The summed E-state index contributed by atoms with van der Waals surface area (Å²) in [7, 11) is 0. The summed E-state index contributed by atoms with van der Waals surface area (Å²) in [6, 6.07) is 14.8. The highest BCUT2D eigenvalue weighted by atomic mass is 16.5. The van der Waals surface area contributed by atoms with Gasteiger partial charge in [-0.05, 0) is 43.2 Å². The molecule has 1 amide bonds. The van der Waals surface area contributed by atoms with E-state index in [9.17, 15) is 9.59 Å². The average Bonchev–Trinajstić information content (AvgIpc) is 3.10. The van der Waals surface area contributed by atoms with Crippen LogP contribution >= 0.6 is 0 Å². The van der Waals surface area contributed by atoms with Gasteiger partial charge in [0.1, 0.15) is 5.52 Å². The van der Waals surface area contributed by atoms with Crippen molar-refractivity contribution in [2.24, 2.45) is 0 Å². The largest absolute Gasteiger partial charge is 0.449 e. The molecule has 3 rings (SSSR count). The Kier molecular flexibility index (Phi) is 5.66. The molecule has 138 valence electrons. The normalized spacial score (nSPS) is 12.2. The van der Waals surface area contributed by atoms with Crippen molar-refractivity contribution in [2.75, 3.05) is 5.32 Å². The van der Waals surface area contributed by atoms with Gasteiger partial charge in [-0.25, -0.2) is 9.78 Å². The number of aryl methyl sites for hydroxylation is 1. The third-order valence-corrected chi connectivity index (χ3v) is 3.96. The number of nitrogens with zero attached hydrogens (tertiary/aromatic N) is 1. The molecular formula is C21H20N2O4. The molecule has 0 spiro atoms. The summed E-state index contributed by atoms with van der Waals surface area (Å²) in [6.45, 7) is 3.57. The van der Waals surface area contributed by atoms with Crippen molar-refractivity contribution < 1.29 is 18.7 Å². The molecule has 2 aromatic carbocycles. The van der Waals surface area contributed by atoms with E-state index in [0.717, 1.165) is 6.42 Å². The van der Waals surface area contributed by atoms with Crippen LogP contribution in [-0.4, -0.2) is 23.0 Å². The van der Waals surface area contributed by atoms with E-state index in [1.165, 1.54) is 24.6 Å². The minimum absolute atomic E-state index is 0.293. The molecule has 0 aliphatic rings. The highest BCUT2D eigenvalue weighted by molar-refractivity contribution is 5.96. The molecule has 0 aliphatic heterocycles. The number of benzene rings is 2. The molecule has 0 fully saturated rings.